The Morgan fingerprint density at radius 2 is 1.70 bits per heavy atom. The standard InChI is InChI=1S/C22H39NO9S/c1-14(2)17(31-21(28)16-10-7-6-8-11-16)19(22(4,5)18(25)20(26)27)32-33(29,30)13-9-12-23-15(3)24/h14,16-19,25H,6-13H2,1-5H3,(H,23,24)(H,26,27)/t17?,18-,19?/m0/s1. The van der Waals surface area contributed by atoms with Crippen LogP contribution in [0.25, 0.3) is 0 Å². The summed E-state index contributed by atoms with van der Waals surface area (Å²) in [5, 5.41) is 22.2. The van der Waals surface area contributed by atoms with Crippen molar-refractivity contribution < 1.29 is 41.9 Å². The van der Waals surface area contributed by atoms with E-state index >= 15 is 0 Å². The van der Waals surface area contributed by atoms with Crippen molar-refractivity contribution in [1.82, 2.24) is 5.32 Å². The van der Waals surface area contributed by atoms with Crippen molar-refractivity contribution >= 4 is 28.0 Å². The molecule has 1 amide bonds. The van der Waals surface area contributed by atoms with Gasteiger partial charge in [-0.3, -0.25) is 13.8 Å². The number of rotatable bonds is 13. The molecule has 0 aromatic rings. The monoisotopic (exact) mass is 493 g/mol. The number of aliphatic hydroxyl groups excluding tert-OH is 1. The van der Waals surface area contributed by atoms with E-state index in [1.807, 2.05) is 0 Å². The van der Waals surface area contributed by atoms with E-state index in [-0.39, 0.29) is 24.8 Å². The molecule has 1 aliphatic carbocycles. The Hall–Kier alpha value is -1.72. The Balaban J connectivity index is 3.18. The zero-order chi connectivity index (χ0) is 25.4. The van der Waals surface area contributed by atoms with Crippen LogP contribution in [0.4, 0.5) is 0 Å². The van der Waals surface area contributed by atoms with Gasteiger partial charge in [0.1, 0.15) is 12.2 Å². The minimum absolute atomic E-state index is 0.0742. The molecular formula is C22H39NO9S. The number of amides is 1. The van der Waals surface area contributed by atoms with Crippen LogP contribution in [-0.4, -0.2) is 67.1 Å². The zero-order valence-corrected chi connectivity index (χ0v) is 21.0. The lowest BCUT2D eigenvalue weighted by Gasteiger charge is -2.41. The zero-order valence-electron chi connectivity index (χ0n) is 20.2. The largest absolute Gasteiger partial charge is 0.479 e. The van der Waals surface area contributed by atoms with Gasteiger partial charge in [0.05, 0.1) is 11.7 Å². The molecule has 3 N–H and O–H groups in total. The Morgan fingerprint density at radius 3 is 2.18 bits per heavy atom. The van der Waals surface area contributed by atoms with E-state index in [1.54, 1.807) is 13.8 Å². The quantitative estimate of drug-likeness (QED) is 0.198. The Kier molecular flexibility index (Phi) is 11.2. The summed E-state index contributed by atoms with van der Waals surface area (Å²) in [4.78, 5) is 35.4. The number of hydrogen-bond acceptors (Lipinski definition) is 8. The summed E-state index contributed by atoms with van der Waals surface area (Å²) in [7, 11) is -4.21. The summed E-state index contributed by atoms with van der Waals surface area (Å²) in [6.45, 7) is 7.59. The van der Waals surface area contributed by atoms with Crippen molar-refractivity contribution in [3.8, 4) is 0 Å². The summed E-state index contributed by atoms with van der Waals surface area (Å²) < 4.78 is 36.7. The lowest BCUT2D eigenvalue weighted by Crippen LogP contribution is -2.54. The van der Waals surface area contributed by atoms with Crippen LogP contribution in [0.3, 0.4) is 0 Å². The fourth-order valence-corrected chi connectivity index (χ4v) is 5.18. The van der Waals surface area contributed by atoms with Crippen molar-refractivity contribution in [2.45, 2.75) is 91.5 Å². The van der Waals surface area contributed by atoms with E-state index in [2.05, 4.69) is 5.32 Å². The van der Waals surface area contributed by atoms with Gasteiger partial charge in [-0.2, -0.15) is 8.42 Å². The van der Waals surface area contributed by atoms with Crippen molar-refractivity contribution in [1.29, 1.82) is 0 Å². The van der Waals surface area contributed by atoms with Crippen LogP contribution in [0.5, 0.6) is 0 Å². The maximum absolute atomic E-state index is 12.8. The van der Waals surface area contributed by atoms with Gasteiger partial charge in [-0.1, -0.05) is 47.0 Å². The van der Waals surface area contributed by atoms with Gasteiger partial charge in [0.2, 0.25) is 5.91 Å². The first-order valence-corrected chi connectivity index (χ1v) is 13.0. The molecule has 1 rings (SSSR count). The third-order valence-electron chi connectivity index (χ3n) is 6.01. The van der Waals surface area contributed by atoms with Crippen molar-refractivity contribution in [3.05, 3.63) is 0 Å². The molecule has 33 heavy (non-hydrogen) atoms. The van der Waals surface area contributed by atoms with Gasteiger partial charge in [-0.25, -0.2) is 4.79 Å². The highest BCUT2D eigenvalue weighted by Crippen LogP contribution is 2.36. The number of carboxylic acids is 1. The summed E-state index contributed by atoms with van der Waals surface area (Å²) >= 11 is 0. The Morgan fingerprint density at radius 1 is 1.12 bits per heavy atom. The molecule has 0 heterocycles. The van der Waals surface area contributed by atoms with Gasteiger partial charge in [0.15, 0.2) is 6.10 Å². The first kappa shape index (κ1) is 29.3. The second-order valence-electron chi connectivity index (χ2n) is 9.66. The van der Waals surface area contributed by atoms with E-state index in [1.165, 1.54) is 20.8 Å². The van der Waals surface area contributed by atoms with Gasteiger partial charge < -0.3 is 20.3 Å². The third kappa shape index (κ3) is 9.21. The van der Waals surface area contributed by atoms with Crippen molar-refractivity contribution in [3.63, 3.8) is 0 Å². The minimum Gasteiger partial charge on any atom is -0.479 e. The number of esters is 1. The lowest BCUT2D eigenvalue weighted by atomic mass is 9.76. The van der Waals surface area contributed by atoms with Gasteiger partial charge in [-0.05, 0) is 25.2 Å². The third-order valence-corrected chi connectivity index (χ3v) is 7.30. The van der Waals surface area contributed by atoms with Crippen LogP contribution >= 0.6 is 0 Å². The molecule has 1 aliphatic rings. The maximum atomic E-state index is 12.8. The molecule has 3 atom stereocenters. The maximum Gasteiger partial charge on any atom is 0.333 e. The second-order valence-corrected chi connectivity index (χ2v) is 11.4. The summed E-state index contributed by atoms with van der Waals surface area (Å²) in [6, 6.07) is 0. The fraction of sp³-hybridized carbons (Fsp3) is 0.864. The van der Waals surface area contributed by atoms with Crippen LogP contribution in [0.15, 0.2) is 0 Å². The van der Waals surface area contributed by atoms with E-state index in [9.17, 15) is 33.0 Å². The lowest BCUT2D eigenvalue weighted by molar-refractivity contribution is -0.178. The van der Waals surface area contributed by atoms with Crippen molar-refractivity contribution in [2.75, 3.05) is 12.3 Å². The SMILES string of the molecule is CC(=O)NCCCS(=O)(=O)OC(C(OC(=O)C1CCCCC1)C(C)C)C(C)(C)[C@@H](O)C(=O)O. The molecular weight excluding hydrogens is 454 g/mol. The molecule has 0 bridgehead atoms. The van der Waals surface area contributed by atoms with Crippen LogP contribution < -0.4 is 5.32 Å². The minimum atomic E-state index is -4.21. The number of aliphatic hydroxyl groups is 1. The molecule has 0 radical (unpaired) electrons. The van der Waals surface area contributed by atoms with E-state index in [0.29, 0.717) is 12.8 Å². The number of nitrogens with one attached hydrogen (secondary N) is 1. The van der Waals surface area contributed by atoms with Gasteiger partial charge in [0.25, 0.3) is 10.1 Å². The van der Waals surface area contributed by atoms with Gasteiger partial charge in [-0.15, -0.1) is 0 Å². The summed E-state index contributed by atoms with van der Waals surface area (Å²) in [5.41, 5.74) is -1.61. The van der Waals surface area contributed by atoms with Gasteiger partial charge >= 0.3 is 11.9 Å². The van der Waals surface area contributed by atoms with Crippen LogP contribution in [0, 0.1) is 17.3 Å². The number of ether oxygens (including phenoxy) is 1. The summed E-state index contributed by atoms with van der Waals surface area (Å²) in [5.74, 6) is -3.47. The molecule has 10 nitrogen and oxygen atoms in total. The molecule has 0 saturated heterocycles. The van der Waals surface area contributed by atoms with Crippen LogP contribution in [0.1, 0.15) is 73.1 Å². The normalized spacial score (nSPS) is 18.4. The molecule has 0 aromatic carbocycles. The first-order valence-electron chi connectivity index (χ1n) is 11.5. The number of carbonyl (C=O) groups excluding carboxylic acids is 2. The molecule has 2 unspecified atom stereocenters. The fourth-order valence-electron chi connectivity index (χ4n) is 3.91. The topological polar surface area (TPSA) is 156 Å². The average molecular weight is 494 g/mol. The molecule has 0 spiro atoms. The molecule has 0 aromatic heterocycles. The second kappa shape index (κ2) is 12.7. The molecule has 1 saturated carbocycles. The predicted octanol–water partition coefficient (Wildman–Crippen LogP) is 1.85. The highest BCUT2D eigenvalue weighted by Gasteiger charge is 2.49. The van der Waals surface area contributed by atoms with E-state index < -0.39 is 57.5 Å². The van der Waals surface area contributed by atoms with E-state index in [0.717, 1.165) is 19.3 Å². The number of hydrogen-bond donors (Lipinski definition) is 3. The molecule has 192 valence electrons. The number of aliphatic carboxylic acids is 1. The number of carboxylic acid groups (broad SMARTS) is 1. The van der Waals surface area contributed by atoms with Crippen LogP contribution in [-0.2, 0) is 33.4 Å². The number of carbonyl (C=O) groups is 3. The van der Waals surface area contributed by atoms with E-state index in [4.69, 9.17) is 8.92 Å². The Bertz CT molecular complexity index is 773. The molecule has 1 fully saturated rings. The highest BCUT2D eigenvalue weighted by molar-refractivity contribution is 7.86. The summed E-state index contributed by atoms with van der Waals surface area (Å²) in [6.07, 6.45) is -0.240. The highest BCUT2D eigenvalue weighted by atomic mass is 32.2. The molecule has 0 aliphatic heterocycles. The predicted molar refractivity (Wildman–Crippen MR) is 121 cm³/mol. The Labute approximate surface area is 196 Å². The molecule has 11 heteroatoms. The van der Waals surface area contributed by atoms with Crippen molar-refractivity contribution in [2.24, 2.45) is 17.3 Å². The average Bonchev–Trinajstić information content (AvgIpc) is 2.73. The smallest absolute Gasteiger partial charge is 0.333 e. The van der Waals surface area contributed by atoms with Gasteiger partial charge in [0, 0.05) is 18.9 Å². The van der Waals surface area contributed by atoms with Crippen LogP contribution in [0.2, 0.25) is 0 Å². The first-order chi connectivity index (χ1) is 15.2.